The molecule has 0 saturated heterocycles. The Morgan fingerprint density at radius 2 is 1.78 bits per heavy atom. The van der Waals surface area contributed by atoms with E-state index in [9.17, 15) is 9.59 Å². The van der Waals surface area contributed by atoms with Crippen LogP contribution in [0.25, 0.3) is 0 Å². The van der Waals surface area contributed by atoms with E-state index in [0.29, 0.717) is 6.61 Å². The standard InChI is InChI=1S/C13H24N2O3/c1-10(9-18-2)14-12(16)13(17)15-11-7-5-3-4-6-8-11/h10-11H,3-9H2,1-2H3,(H,14,16)(H,15,17). The molecule has 5 nitrogen and oxygen atoms in total. The van der Waals surface area contributed by atoms with Crippen LogP contribution in [-0.2, 0) is 14.3 Å². The Hall–Kier alpha value is -1.10. The minimum atomic E-state index is -0.566. The van der Waals surface area contributed by atoms with Crippen molar-refractivity contribution in [2.24, 2.45) is 0 Å². The molecule has 1 atom stereocenters. The van der Waals surface area contributed by atoms with Crippen molar-refractivity contribution in [1.29, 1.82) is 0 Å². The molecule has 1 unspecified atom stereocenters. The highest BCUT2D eigenvalue weighted by atomic mass is 16.5. The molecule has 1 rings (SSSR count). The molecule has 1 saturated carbocycles. The van der Waals surface area contributed by atoms with Crippen molar-refractivity contribution in [2.75, 3.05) is 13.7 Å². The summed E-state index contributed by atoms with van der Waals surface area (Å²) in [6.07, 6.45) is 6.67. The Labute approximate surface area is 109 Å². The maximum atomic E-state index is 11.7. The Morgan fingerprint density at radius 1 is 1.17 bits per heavy atom. The number of carbonyl (C=O) groups is 2. The summed E-state index contributed by atoms with van der Waals surface area (Å²) in [4.78, 5) is 23.3. The van der Waals surface area contributed by atoms with E-state index in [1.807, 2.05) is 0 Å². The summed E-state index contributed by atoms with van der Waals surface area (Å²) in [5.41, 5.74) is 0. The van der Waals surface area contributed by atoms with Crippen LogP contribution < -0.4 is 10.6 Å². The van der Waals surface area contributed by atoms with Crippen molar-refractivity contribution in [2.45, 2.75) is 57.5 Å². The maximum Gasteiger partial charge on any atom is 0.309 e. The Balaban J connectivity index is 2.32. The number of carbonyl (C=O) groups excluding carboxylic acids is 2. The van der Waals surface area contributed by atoms with Crippen molar-refractivity contribution >= 4 is 11.8 Å². The molecule has 0 radical (unpaired) electrons. The van der Waals surface area contributed by atoms with Gasteiger partial charge in [0.2, 0.25) is 0 Å². The average molecular weight is 256 g/mol. The van der Waals surface area contributed by atoms with Crippen LogP contribution in [0.5, 0.6) is 0 Å². The first-order chi connectivity index (χ1) is 8.63. The highest BCUT2D eigenvalue weighted by Crippen LogP contribution is 2.16. The summed E-state index contributed by atoms with van der Waals surface area (Å²) in [5.74, 6) is -1.09. The van der Waals surface area contributed by atoms with E-state index < -0.39 is 11.8 Å². The Kier molecular flexibility index (Phi) is 6.72. The fourth-order valence-corrected chi connectivity index (χ4v) is 2.26. The molecule has 2 N–H and O–H groups in total. The largest absolute Gasteiger partial charge is 0.383 e. The van der Waals surface area contributed by atoms with Crippen molar-refractivity contribution in [3.05, 3.63) is 0 Å². The van der Waals surface area contributed by atoms with E-state index in [1.165, 1.54) is 12.8 Å². The zero-order valence-corrected chi connectivity index (χ0v) is 11.3. The van der Waals surface area contributed by atoms with Gasteiger partial charge >= 0.3 is 11.8 Å². The van der Waals surface area contributed by atoms with Gasteiger partial charge in [0, 0.05) is 19.2 Å². The van der Waals surface area contributed by atoms with Crippen LogP contribution in [0.2, 0.25) is 0 Å². The first-order valence-electron chi connectivity index (χ1n) is 6.73. The summed E-state index contributed by atoms with van der Waals surface area (Å²) in [5, 5.41) is 5.42. The number of nitrogens with one attached hydrogen (secondary N) is 2. The molecule has 1 aliphatic carbocycles. The van der Waals surface area contributed by atoms with Crippen LogP contribution in [0.4, 0.5) is 0 Å². The van der Waals surface area contributed by atoms with Crippen LogP contribution in [0.1, 0.15) is 45.4 Å². The van der Waals surface area contributed by atoms with Crippen molar-refractivity contribution in [3.63, 3.8) is 0 Å². The van der Waals surface area contributed by atoms with Crippen molar-refractivity contribution in [3.8, 4) is 0 Å². The highest BCUT2D eigenvalue weighted by Gasteiger charge is 2.20. The van der Waals surface area contributed by atoms with Gasteiger partial charge in [-0.2, -0.15) is 0 Å². The average Bonchev–Trinajstić information content (AvgIpc) is 2.57. The third-order valence-corrected chi connectivity index (χ3v) is 3.19. The second kappa shape index (κ2) is 8.08. The van der Waals surface area contributed by atoms with E-state index in [1.54, 1.807) is 14.0 Å². The van der Waals surface area contributed by atoms with E-state index in [4.69, 9.17) is 4.74 Å². The Bertz CT molecular complexity index is 273. The van der Waals surface area contributed by atoms with Crippen LogP contribution in [0.3, 0.4) is 0 Å². The second-order valence-corrected chi connectivity index (χ2v) is 4.99. The predicted molar refractivity (Wildman–Crippen MR) is 69.1 cm³/mol. The van der Waals surface area contributed by atoms with Gasteiger partial charge in [-0.3, -0.25) is 9.59 Å². The number of amides is 2. The fraction of sp³-hybridized carbons (Fsp3) is 0.846. The molecule has 0 aromatic heterocycles. The van der Waals surface area contributed by atoms with E-state index in [-0.39, 0.29) is 12.1 Å². The van der Waals surface area contributed by atoms with E-state index in [0.717, 1.165) is 25.7 Å². The third kappa shape index (κ3) is 5.49. The lowest BCUT2D eigenvalue weighted by Crippen LogP contribution is -2.47. The summed E-state index contributed by atoms with van der Waals surface area (Å²) < 4.78 is 4.90. The smallest absolute Gasteiger partial charge is 0.309 e. The molecule has 5 heteroatoms. The monoisotopic (exact) mass is 256 g/mol. The lowest BCUT2D eigenvalue weighted by atomic mass is 10.1. The zero-order chi connectivity index (χ0) is 13.4. The molecular weight excluding hydrogens is 232 g/mol. The predicted octanol–water partition coefficient (Wildman–Crippen LogP) is 0.976. The molecule has 0 bridgehead atoms. The third-order valence-electron chi connectivity index (χ3n) is 3.19. The molecule has 0 heterocycles. The molecule has 0 aromatic rings. The zero-order valence-electron chi connectivity index (χ0n) is 11.3. The van der Waals surface area contributed by atoms with Crippen LogP contribution in [0.15, 0.2) is 0 Å². The summed E-state index contributed by atoms with van der Waals surface area (Å²) >= 11 is 0. The summed E-state index contributed by atoms with van der Waals surface area (Å²) in [6.45, 7) is 2.21. The molecule has 2 amide bonds. The van der Waals surface area contributed by atoms with E-state index >= 15 is 0 Å². The maximum absolute atomic E-state index is 11.7. The Morgan fingerprint density at radius 3 is 2.33 bits per heavy atom. The lowest BCUT2D eigenvalue weighted by Gasteiger charge is -2.17. The van der Waals surface area contributed by atoms with Crippen LogP contribution in [-0.4, -0.2) is 37.6 Å². The van der Waals surface area contributed by atoms with Gasteiger partial charge in [0.15, 0.2) is 0 Å². The van der Waals surface area contributed by atoms with Crippen LogP contribution in [0, 0.1) is 0 Å². The van der Waals surface area contributed by atoms with Crippen LogP contribution >= 0.6 is 0 Å². The number of methoxy groups -OCH3 is 1. The first kappa shape index (κ1) is 15.0. The fourth-order valence-electron chi connectivity index (χ4n) is 2.26. The van der Waals surface area contributed by atoms with Crippen molar-refractivity contribution in [1.82, 2.24) is 10.6 Å². The van der Waals surface area contributed by atoms with Gasteiger partial charge in [-0.1, -0.05) is 25.7 Å². The molecule has 0 spiro atoms. The minimum absolute atomic E-state index is 0.151. The first-order valence-corrected chi connectivity index (χ1v) is 6.73. The highest BCUT2D eigenvalue weighted by molar-refractivity contribution is 6.35. The molecule has 0 aliphatic heterocycles. The van der Waals surface area contributed by atoms with Gasteiger partial charge in [-0.15, -0.1) is 0 Å². The number of hydrogen-bond donors (Lipinski definition) is 2. The quantitative estimate of drug-likeness (QED) is 0.582. The molecule has 1 aliphatic rings. The summed E-state index contributed by atoms with van der Waals surface area (Å²) in [6, 6.07) is 0.00543. The molecule has 0 aromatic carbocycles. The number of rotatable bonds is 4. The number of ether oxygens (including phenoxy) is 1. The van der Waals surface area contributed by atoms with Crippen molar-refractivity contribution < 1.29 is 14.3 Å². The topological polar surface area (TPSA) is 67.4 Å². The van der Waals surface area contributed by atoms with Gasteiger partial charge in [-0.05, 0) is 19.8 Å². The minimum Gasteiger partial charge on any atom is -0.383 e. The molecule has 18 heavy (non-hydrogen) atoms. The summed E-state index contributed by atoms with van der Waals surface area (Å²) in [7, 11) is 1.56. The van der Waals surface area contributed by atoms with Gasteiger partial charge in [-0.25, -0.2) is 0 Å². The number of hydrogen-bond acceptors (Lipinski definition) is 3. The SMILES string of the molecule is COCC(C)NC(=O)C(=O)NC1CCCCCC1. The van der Waals surface area contributed by atoms with Gasteiger partial charge < -0.3 is 15.4 Å². The van der Waals surface area contributed by atoms with E-state index in [2.05, 4.69) is 10.6 Å². The second-order valence-electron chi connectivity index (χ2n) is 4.99. The molecular formula is C13H24N2O3. The lowest BCUT2D eigenvalue weighted by molar-refractivity contribution is -0.140. The molecule has 104 valence electrons. The normalized spacial score (nSPS) is 18.8. The van der Waals surface area contributed by atoms with Gasteiger partial charge in [0.05, 0.1) is 6.61 Å². The van der Waals surface area contributed by atoms with Gasteiger partial charge in [0.1, 0.15) is 0 Å². The van der Waals surface area contributed by atoms with Gasteiger partial charge in [0.25, 0.3) is 0 Å². The molecule has 1 fully saturated rings.